The normalized spacial score (nSPS) is 10.2. The lowest BCUT2D eigenvalue weighted by Gasteiger charge is -2.07. The summed E-state index contributed by atoms with van der Waals surface area (Å²) in [5.74, 6) is -1.21. The highest BCUT2D eigenvalue weighted by atomic mass is 16.4. The van der Waals surface area contributed by atoms with Crippen molar-refractivity contribution in [2.24, 2.45) is 7.05 Å². The van der Waals surface area contributed by atoms with Gasteiger partial charge in [-0.05, 0) is 11.6 Å². The summed E-state index contributed by atoms with van der Waals surface area (Å²) in [5, 5.41) is 8.86. The molecule has 0 aliphatic heterocycles. The second-order valence-corrected chi connectivity index (χ2v) is 3.54. The van der Waals surface area contributed by atoms with E-state index in [2.05, 4.69) is 4.98 Å². The molecular formula is C12H10N2O3. The van der Waals surface area contributed by atoms with Gasteiger partial charge in [-0.2, -0.15) is 4.98 Å². The van der Waals surface area contributed by atoms with Crippen molar-refractivity contribution >= 4 is 5.97 Å². The molecule has 0 fully saturated rings. The minimum absolute atomic E-state index is 0.244. The average Bonchev–Trinajstić information content (AvgIpc) is 2.33. The van der Waals surface area contributed by atoms with Gasteiger partial charge in [-0.1, -0.05) is 30.3 Å². The smallest absolute Gasteiger partial charge is 0.354 e. The van der Waals surface area contributed by atoms with Gasteiger partial charge >= 0.3 is 11.7 Å². The van der Waals surface area contributed by atoms with E-state index in [1.165, 1.54) is 10.6 Å². The van der Waals surface area contributed by atoms with E-state index < -0.39 is 11.7 Å². The van der Waals surface area contributed by atoms with Crippen molar-refractivity contribution in [1.82, 2.24) is 9.55 Å². The summed E-state index contributed by atoms with van der Waals surface area (Å²) in [7, 11) is 1.56. The standard InChI is InChI=1S/C12H10N2O3/c1-14-10(8-5-3-2-4-6-8)7-9(11(15)16)13-12(14)17/h2-7H,1H3,(H,15,16). The molecule has 0 aliphatic carbocycles. The van der Waals surface area contributed by atoms with Crippen LogP contribution >= 0.6 is 0 Å². The summed E-state index contributed by atoms with van der Waals surface area (Å²) in [4.78, 5) is 25.8. The van der Waals surface area contributed by atoms with Gasteiger partial charge in [0.25, 0.3) is 0 Å². The fourth-order valence-corrected chi connectivity index (χ4v) is 1.54. The highest BCUT2D eigenvalue weighted by Gasteiger charge is 2.11. The van der Waals surface area contributed by atoms with Crippen LogP contribution in [0.3, 0.4) is 0 Å². The first kappa shape index (κ1) is 11.1. The van der Waals surface area contributed by atoms with Crippen LogP contribution in [0.2, 0.25) is 0 Å². The van der Waals surface area contributed by atoms with E-state index in [-0.39, 0.29) is 5.69 Å². The molecule has 0 spiro atoms. The number of hydrogen-bond acceptors (Lipinski definition) is 3. The number of aromatic nitrogens is 2. The summed E-state index contributed by atoms with van der Waals surface area (Å²) < 4.78 is 1.32. The molecule has 2 aromatic rings. The molecule has 0 radical (unpaired) electrons. The SMILES string of the molecule is Cn1c(-c2ccccc2)cc(C(=O)O)nc1=O. The fraction of sp³-hybridized carbons (Fsp3) is 0.0833. The fourth-order valence-electron chi connectivity index (χ4n) is 1.54. The summed E-state index contributed by atoms with van der Waals surface area (Å²) >= 11 is 0. The monoisotopic (exact) mass is 230 g/mol. The van der Waals surface area contributed by atoms with Crippen molar-refractivity contribution in [2.45, 2.75) is 0 Å². The molecule has 0 aliphatic rings. The lowest BCUT2D eigenvalue weighted by atomic mass is 10.1. The van der Waals surface area contributed by atoms with E-state index >= 15 is 0 Å². The van der Waals surface area contributed by atoms with Crippen LogP contribution in [-0.4, -0.2) is 20.6 Å². The van der Waals surface area contributed by atoms with Gasteiger partial charge in [0.15, 0.2) is 5.69 Å². The molecule has 86 valence electrons. The Kier molecular flexibility index (Phi) is 2.74. The summed E-state index contributed by atoms with van der Waals surface area (Å²) in [5.41, 5.74) is 0.482. The predicted octanol–water partition coefficient (Wildman–Crippen LogP) is 1.15. The zero-order valence-electron chi connectivity index (χ0n) is 9.12. The quantitative estimate of drug-likeness (QED) is 0.839. The molecule has 1 aromatic heterocycles. The predicted molar refractivity (Wildman–Crippen MR) is 61.9 cm³/mol. The van der Waals surface area contributed by atoms with Crippen LogP contribution in [0.15, 0.2) is 41.2 Å². The lowest BCUT2D eigenvalue weighted by molar-refractivity contribution is 0.0689. The molecule has 0 saturated heterocycles. The highest BCUT2D eigenvalue weighted by Crippen LogP contribution is 2.16. The zero-order chi connectivity index (χ0) is 12.4. The van der Waals surface area contributed by atoms with Gasteiger partial charge < -0.3 is 5.11 Å². The Labute approximate surface area is 97.0 Å². The van der Waals surface area contributed by atoms with E-state index in [0.717, 1.165) is 5.56 Å². The van der Waals surface area contributed by atoms with Crippen LogP contribution in [0.4, 0.5) is 0 Å². The lowest BCUT2D eigenvalue weighted by Crippen LogP contribution is -2.24. The maximum atomic E-state index is 11.5. The number of carbonyl (C=O) groups is 1. The van der Waals surface area contributed by atoms with E-state index in [4.69, 9.17) is 5.11 Å². The molecule has 0 saturated carbocycles. The number of rotatable bonds is 2. The largest absolute Gasteiger partial charge is 0.477 e. The summed E-state index contributed by atoms with van der Waals surface area (Å²) in [6.07, 6.45) is 0. The van der Waals surface area contributed by atoms with Gasteiger partial charge in [0.05, 0.1) is 5.69 Å². The van der Waals surface area contributed by atoms with Crippen molar-refractivity contribution in [3.8, 4) is 11.3 Å². The van der Waals surface area contributed by atoms with Crippen LogP contribution in [0, 0.1) is 0 Å². The summed E-state index contributed by atoms with van der Waals surface area (Å²) in [6, 6.07) is 10.5. The molecule has 0 atom stereocenters. The van der Waals surface area contributed by atoms with Crippen molar-refractivity contribution < 1.29 is 9.90 Å². The number of benzene rings is 1. The first-order chi connectivity index (χ1) is 8.09. The maximum Gasteiger partial charge on any atom is 0.354 e. The topological polar surface area (TPSA) is 72.2 Å². The van der Waals surface area contributed by atoms with E-state index in [0.29, 0.717) is 5.69 Å². The van der Waals surface area contributed by atoms with Gasteiger partial charge in [-0.3, -0.25) is 4.57 Å². The zero-order valence-corrected chi connectivity index (χ0v) is 9.12. The molecule has 1 N–H and O–H groups in total. The molecule has 5 heteroatoms. The number of aromatic carboxylic acids is 1. The Hall–Kier alpha value is -2.43. The summed E-state index contributed by atoms with van der Waals surface area (Å²) in [6.45, 7) is 0. The number of carboxylic acids is 1. The number of carboxylic acid groups (broad SMARTS) is 1. The first-order valence-corrected chi connectivity index (χ1v) is 4.96. The van der Waals surface area contributed by atoms with Crippen LogP contribution in [0.5, 0.6) is 0 Å². The second kappa shape index (κ2) is 4.21. The van der Waals surface area contributed by atoms with Crippen molar-refractivity contribution in [3.05, 3.63) is 52.6 Å². The maximum absolute atomic E-state index is 11.5. The molecule has 17 heavy (non-hydrogen) atoms. The van der Waals surface area contributed by atoms with Gasteiger partial charge in [-0.25, -0.2) is 9.59 Å². The van der Waals surface area contributed by atoms with Crippen LogP contribution in [0.1, 0.15) is 10.5 Å². The Morgan fingerprint density at radius 2 is 1.94 bits per heavy atom. The number of nitrogens with zero attached hydrogens (tertiary/aromatic N) is 2. The van der Waals surface area contributed by atoms with Crippen LogP contribution < -0.4 is 5.69 Å². The second-order valence-electron chi connectivity index (χ2n) is 3.54. The molecule has 2 rings (SSSR count). The van der Waals surface area contributed by atoms with Crippen LogP contribution in [-0.2, 0) is 7.05 Å². The molecule has 1 aromatic carbocycles. The third-order valence-electron chi connectivity index (χ3n) is 2.43. The third kappa shape index (κ3) is 2.08. The van der Waals surface area contributed by atoms with Crippen LogP contribution in [0.25, 0.3) is 11.3 Å². The van der Waals surface area contributed by atoms with Crippen molar-refractivity contribution in [2.75, 3.05) is 0 Å². The van der Waals surface area contributed by atoms with E-state index in [9.17, 15) is 9.59 Å². The molecule has 0 unspecified atom stereocenters. The Morgan fingerprint density at radius 1 is 1.29 bits per heavy atom. The van der Waals surface area contributed by atoms with Gasteiger partial charge in [-0.15, -0.1) is 0 Å². The van der Waals surface area contributed by atoms with Crippen molar-refractivity contribution in [1.29, 1.82) is 0 Å². The van der Waals surface area contributed by atoms with Gasteiger partial charge in [0, 0.05) is 7.05 Å². The van der Waals surface area contributed by atoms with E-state index in [1.54, 1.807) is 19.2 Å². The molecule has 1 heterocycles. The highest BCUT2D eigenvalue weighted by molar-refractivity contribution is 5.86. The third-order valence-corrected chi connectivity index (χ3v) is 2.43. The molecule has 0 amide bonds. The first-order valence-electron chi connectivity index (χ1n) is 4.96. The molecule has 5 nitrogen and oxygen atoms in total. The minimum atomic E-state index is -1.21. The average molecular weight is 230 g/mol. The Bertz CT molecular complexity index is 617. The molecule has 0 bridgehead atoms. The Morgan fingerprint density at radius 3 is 2.53 bits per heavy atom. The van der Waals surface area contributed by atoms with E-state index in [1.807, 2.05) is 18.2 Å². The number of hydrogen-bond donors (Lipinski definition) is 1. The molecular weight excluding hydrogens is 220 g/mol. The van der Waals surface area contributed by atoms with Gasteiger partial charge in [0.2, 0.25) is 0 Å². The van der Waals surface area contributed by atoms with Crippen molar-refractivity contribution in [3.63, 3.8) is 0 Å². The van der Waals surface area contributed by atoms with Gasteiger partial charge in [0.1, 0.15) is 0 Å². The minimum Gasteiger partial charge on any atom is -0.477 e. The Balaban J connectivity index is 2.69.